The summed E-state index contributed by atoms with van der Waals surface area (Å²) in [6.45, 7) is 1.19. The van der Waals surface area contributed by atoms with Gasteiger partial charge in [0.25, 0.3) is 0 Å². The maximum Gasteiger partial charge on any atom is 0.132 e. The first-order valence-corrected chi connectivity index (χ1v) is 7.20. The molecular formula is C17H21N3. The molecule has 0 bridgehead atoms. The number of para-hydroxylation sites is 1. The van der Waals surface area contributed by atoms with Gasteiger partial charge in [-0.25, -0.2) is 4.98 Å². The van der Waals surface area contributed by atoms with Gasteiger partial charge in [-0.2, -0.15) is 0 Å². The van der Waals surface area contributed by atoms with Gasteiger partial charge < -0.3 is 4.90 Å². The summed E-state index contributed by atoms with van der Waals surface area (Å²) in [5.74, 6) is 0.987. The molecule has 0 saturated carbocycles. The molecule has 3 nitrogen and oxygen atoms in total. The van der Waals surface area contributed by atoms with Crippen molar-refractivity contribution in [2.45, 2.75) is 18.9 Å². The number of pyridine rings is 1. The summed E-state index contributed by atoms with van der Waals surface area (Å²) in [6, 6.07) is 15.2. The molecule has 1 aliphatic heterocycles. The lowest BCUT2D eigenvalue weighted by Gasteiger charge is -2.22. The Balaban J connectivity index is 1.79. The van der Waals surface area contributed by atoms with E-state index < -0.39 is 0 Å². The molecule has 1 aromatic heterocycles. The van der Waals surface area contributed by atoms with Gasteiger partial charge in [-0.1, -0.05) is 24.3 Å². The predicted octanol–water partition coefficient (Wildman–Crippen LogP) is 3.62. The van der Waals surface area contributed by atoms with E-state index in [1.807, 2.05) is 24.4 Å². The Bertz CT molecular complexity index is 550. The number of likely N-dealkylation sites (tertiary alicyclic amines) is 1. The molecule has 0 N–H and O–H groups in total. The number of rotatable bonds is 3. The second-order valence-corrected chi connectivity index (χ2v) is 5.48. The highest BCUT2D eigenvalue weighted by Gasteiger charge is 2.22. The van der Waals surface area contributed by atoms with E-state index in [0.29, 0.717) is 6.04 Å². The van der Waals surface area contributed by atoms with Crippen LogP contribution in [0.5, 0.6) is 0 Å². The Morgan fingerprint density at radius 1 is 1.15 bits per heavy atom. The van der Waals surface area contributed by atoms with Gasteiger partial charge in [0.1, 0.15) is 5.82 Å². The van der Waals surface area contributed by atoms with Crippen LogP contribution in [0.2, 0.25) is 0 Å². The summed E-state index contributed by atoms with van der Waals surface area (Å²) in [5.41, 5.74) is 2.49. The summed E-state index contributed by atoms with van der Waals surface area (Å²) in [5, 5.41) is 0. The third-order valence-electron chi connectivity index (χ3n) is 4.16. The fourth-order valence-electron chi connectivity index (χ4n) is 2.91. The highest BCUT2D eigenvalue weighted by Crippen LogP contribution is 2.31. The minimum Gasteiger partial charge on any atom is -0.329 e. The number of benzene rings is 1. The van der Waals surface area contributed by atoms with Gasteiger partial charge in [-0.05, 0) is 50.2 Å². The SMILES string of the molecule is CN(c1ccccc1)c1ccc([C@@H]2CCCN2C)cn1. The van der Waals surface area contributed by atoms with Crippen LogP contribution in [0.25, 0.3) is 0 Å². The van der Waals surface area contributed by atoms with E-state index in [9.17, 15) is 0 Å². The average molecular weight is 267 g/mol. The van der Waals surface area contributed by atoms with Crippen LogP contribution in [0.3, 0.4) is 0 Å². The number of nitrogens with zero attached hydrogens (tertiary/aromatic N) is 3. The molecule has 0 radical (unpaired) electrons. The average Bonchev–Trinajstić information content (AvgIpc) is 2.94. The molecule has 1 aromatic carbocycles. The molecule has 1 saturated heterocycles. The van der Waals surface area contributed by atoms with Crippen LogP contribution in [-0.2, 0) is 0 Å². The summed E-state index contributed by atoms with van der Waals surface area (Å²) < 4.78 is 0. The predicted molar refractivity (Wildman–Crippen MR) is 83.3 cm³/mol. The molecule has 0 unspecified atom stereocenters. The quantitative estimate of drug-likeness (QED) is 0.846. The largest absolute Gasteiger partial charge is 0.329 e. The normalized spacial score (nSPS) is 19.2. The van der Waals surface area contributed by atoms with Gasteiger partial charge in [-0.15, -0.1) is 0 Å². The Hall–Kier alpha value is -1.87. The fraction of sp³-hybridized carbons (Fsp3) is 0.353. The Labute approximate surface area is 120 Å². The molecular weight excluding hydrogens is 246 g/mol. The van der Waals surface area contributed by atoms with E-state index in [4.69, 9.17) is 0 Å². The van der Waals surface area contributed by atoms with Crippen molar-refractivity contribution in [3.63, 3.8) is 0 Å². The highest BCUT2D eigenvalue weighted by atomic mass is 15.2. The van der Waals surface area contributed by atoms with E-state index in [1.165, 1.54) is 24.9 Å². The monoisotopic (exact) mass is 267 g/mol. The summed E-state index contributed by atoms with van der Waals surface area (Å²) in [6.07, 6.45) is 4.56. The topological polar surface area (TPSA) is 19.4 Å². The molecule has 1 atom stereocenters. The molecule has 3 heteroatoms. The van der Waals surface area contributed by atoms with E-state index >= 15 is 0 Å². The van der Waals surface area contributed by atoms with Crippen LogP contribution in [0.4, 0.5) is 11.5 Å². The minimum absolute atomic E-state index is 0.540. The highest BCUT2D eigenvalue weighted by molar-refractivity contribution is 5.58. The zero-order chi connectivity index (χ0) is 13.9. The van der Waals surface area contributed by atoms with E-state index in [1.54, 1.807) is 0 Å². The molecule has 1 fully saturated rings. The number of hydrogen-bond donors (Lipinski definition) is 0. The summed E-state index contributed by atoms with van der Waals surface area (Å²) in [4.78, 5) is 9.16. The van der Waals surface area contributed by atoms with Crippen LogP contribution in [0, 0.1) is 0 Å². The molecule has 2 aromatic rings. The number of anilines is 2. The zero-order valence-corrected chi connectivity index (χ0v) is 12.2. The van der Waals surface area contributed by atoms with Crippen molar-refractivity contribution in [1.82, 2.24) is 9.88 Å². The van der Waals surface area contributed by atoms with Crippen LogP contribution < -0.4 is 4.90 Å². The second-order valence-electron chi connectivity index (χ2n) is 5.48. The van der Waals surface area contributed by atoms with Crippen molar-refractivity contribution in [1.29, 1.82) is 0 Å². The van der Waals surface area contributed by atoms with Gasteiger partial charge in [0.15, 0.2) is 0 Å². The van der Waals surface area contributed by atoms with Crippen molar-refractivity contribution in [2.75, 3.05) is 25.5 Å². The smallest absolute Gasteiger partial charge is 0.132 e. The fourth-order valence-corrected chi connectivity index (χ4v) is 2.91. The lowest BCUT2D eigenvalue weighted by molar-refractivity contribution is 0.317. The van der Waals surface area contributed by atoms with Crippen molar-refractivity contribution in [3.8, 4) is 0 Å². The van der Waals surface area contributed by atoms with E-state index in [-0.39, 0.29) is 0 Å². The maximum atomic E-state index is 4.63. The van der Waals surface area contributed by atoms with Crippen molar-refractivity contribution in [3.05, 3.63) is 54.2 Å². The second kappa shape index (κ2) is 5.63. The van der Waals surface area contributed by atoms with Gasteiger partial charge >= 0.3 is 0 Å². The first-order valence-electron chi connectivity index (χ1n) is 7.20. The van der Waals surface area contributed by atoms with Gasteiger partial charge in [-0.3, -0.25) is 4.90 Å². The Kier molecular flexibility index (Phi) is 3.70. The van der Waals surface area contributed by atoms with Crippen LogP contribution in [0.1, 0.15) is 24.4 Å². The van der Waals surface area contributed by atoms with E-state index in [2.05, 4.69) is 53.1 Å². The molecule has 3 rings (SSSR count). The first kappa shape index (κ1) is 13.1. The Morgan fingerprint density at radius 2 is 1.95 bits per heavy atom. The third-order valence-corrected chi connectivity index (χ3v) is 4.16. The standard InChI is InChI=1S/C17H21N3/c1-19-12-6-9-16(19)14-10-11-17(18-13-14)20(2)15-7-4-3-5-8-15/h3-5,7-8,10-11,13,16H,6,9,12H2,1-2H3/t16-/m0/s1. The molecule has 20 heavy (non-hydrogen) atoms. The number of aromatic nitrogens is 1. The van der Waals surface area contributed by atoms with Crippen LogP contribution >= 0.6 is 0 Å². The maximum absolute atomic E-state index is 4.63. The van der Waals surface area contributed by atoms with Gasteiger partial charge in [0, 0.05) is 25.0 Å². The summed E-state index contributed by atoms with van der Waals surface area (Å²) in [7, 11) is 4.25. The van der Waals surface area contributed by atoms with E-state index in [0.717, 1.165) is 11.5 Å². The molecule has 0 aliphatic carbocycles. The minimum atomic E-state index is 0.540. The molecule has 0 amide bonds. The molecule has 1 aliphatic rings. The Morgan fingerprint density at radius 3 is 2.55 bits per heavy atom. The lowest BCUT2D eigenvalue weighted by atomic mass is 10.1. The summed E-state index contributed by atoms with van der Waals surface area (Å²) >= 11 is 0. The lowest BCUT2D eigenvalue weighted by Crippen LogP contribution is -2.18. The third kappa shape index (κ3) is 2.54. The molecule has 2 heterocycles. The van der Waals surface area contributed by atoms with Crippen LogP contribution in [-0.4, -0.2) is 30.5 Å². The van der Waals surface area contributed by atoms with Gasteiger partial charge in [0.05, 0.1) is 0 Å². The zero-order valence-electron chi connectivity index (χ0n) is 12.2. The van der Waals surface area contributed by atoms with Crippen molar-refractivity contribution < 1.29 is 0 Å². The molecule has 0 spiro atoms. The molecule has 104 valence electrons. The number of hydrogen-bond acceptors (Lipinski definition) is 3. The first-order chi connectivity index (χ1) is 9.75. The van der Waals surface area contributed by atoms with Gasteiger partial charge in [0.2, 0.25) is 0 Å². The van der Waals surface area contributed by atoms with Crippen LogP contribution in [0.15, 0.2) is 48.7 Å². The van der Waals surface area contributed by atoms with Crippen molar-refractivity contribution >= 4 is 11.5 Å². The van der Waals surface area contributed by atoms with Crippen molar-refractivity contribution in [2.24, 2.45) is 0 Å².